The van der Waals surface area contributed by atoms with Gasteiger partial charge >= 0.3 is 0 Å². The number of hydrogen-bond donors (Lipinski definition) is 2. The number of nitrogens with one attached hydrogen (secondary N) is 2. The number of benzene rings is 1. The van der Waals surface area contributed by atoms with Crippen molar-refractivity contribution in [3.63, 3.8) is 0 Å². The first kappa shape index (κ1) is 19.2. The van der Waals surface area contributed by atoms with E-state index in [1.165, 1.54) is 0 Å². The van der Waals surface area contributed by atoms with Gasteiger partial charge in [-0.3, -0.25) is 9.89 Å². The number of fused-ring (bicyclic) bond motifs is 1. The van der Waals surface area contributed by atoms with Gasteiger partial charge in [-0.2, -0.15) is 5.10 Å². The van der Waals surface area contributed by atoms with Gasteiger partial charge < -0.3 is 15.0 Å². The number of rotatable bonds is 6. The van der Waals surface area contributed by atoms with Crippen LogP contribution in [0.5, 0.6) is 5.75 Å². The molecule has 0 radical (unpaired) electrons. The van der Waals surface area contributed by atoms with Crippen LogP contribution >= 0.6 is 0 Å². The van der Waals surface area contributed by atoms with Gasteiger partial charge in [0.05, 0.1) is 12.5 Å². The predicted molar refractivity (Wildman–Crippen MR) is 113 cm³/mol. The van der Waals surface area contributed by atoms with Crippen molar-refractivity contribution < 1.29 is 9.53 Å². The molecule has 0 spiro atoms. The number of amides is 1. The largest absolute Gasteiger partial charge is 0.496 e. The minimum Gasteiger partial charge on any atom is -0.496 e. The molecule has 152 valence electrons. The number of ether oxygens (including phenoxy) is 1. The lowest BCUT2D eigenvalue weighted by Crippen LogP contribution is -2.32. The minimum absolute atomic E-state index is 0.0358. The highest BCUT2D eigenvalue weighted by Crippen LogP contribution is 2.29. The molecule has 1 fully saturated rings. The number of aromatic amines is 1. The van der Waals surface area contributed by atoms with Crippen LogP contribution in [0, 0.1) is 5.92 Å². The van der Waals surface area contributed by atoms with Crippen molar-refractivity contribution >= 4 is 22.8 Å². The standard InChI is InChI=1S/C22H27N5O2/c1-14(2)22(28)27-11-10-16(13-27)18-9-8-17-20(25-26-21(17)24-18)23-12-15-6-4-5-7-19(15)29-3/h4-9,14,16H,10-13H2,1-3H3,(H2,23,24,25,26)/t16-/m0/s1. The number of H-pyrrole nitrogens is 1. The van der Waals surface area contributed by atoms with Gasteiger partial charge in [0.15, 0.2) is 11.5 Å². The second kappa shape index (κ2) is 8.11. The lowest BCUT2D eigenvalue weighted by molar-refractivity contribution is -0.133. The maximum absolute atomic E-state index is 12.2. The highest BCUT2D eigenvalue weighted by molar-refractivity contribution is 5.87. The molecule has 0 unspecified atom stereocenters. The van der Waals surface area contributed by atoms with Crippen molar-refractivity contribution in [2.75, 3.05) is 25.5 Å². The van der Waals surface area contributed by atoms with Crippen LogP contribution in [-0.2, 0) is 11.3 Å². The Balaban J connectivity index is 1.47. The van der Waals surface area contributed by atoms with Crippen LogP contribution in [0.3, 0.4) is 0 Å². The van der Waals surface area contributed by atoms with Crippen LogP contribution in [0.1, 0.15) is 37.4 Å². The van der Waals surface area contributed by atoms with Gasteiger partial charge in [-0.1, -0.05) is 32.0 Å². The molecule has 1 aliphatic rings. The number of pyridine rings is 1. The minimum atomic E-state index is 0.0358. The SMILES string of the molecule is COc1ccccc1CNc1n[nH]c2nc([C@H]3CCN(C(=O)C(C)C)C3)ccc12. The van der Waals surface area contributed by atoms with Gasteiger partial charge in [0.25, 0.3) is 0 Å². The molecule has 0 saturated carbocycles. The molecule has 7 heteroatoms. The lowest BCUT2D eigenvalue weighted by atomic mass is 10.0. The van der Waals surface area contributed by atoms with Gasteiger partial charge in [0, 0.05) is 42.7 Å². The lowest BCUT2D eigenvalue weighted by Gasteiger charge is -2.18. The third-order valence-electron chi connectivity index (χ3n) is 5.50. The number of nitrogens with zero attached hydrogens (tertiary/aromatic N) is 3. The van der Waals surface area contributed by atoms with E-state index < -0.39 is 0 Å². The molecule has 1 atom stereocenters. The van der Waals surface area contributed by atoms with E-state index in [9.17, 15) is 4.79 Å². The molecule has 1 aromatic carbocycles. The van der Waals surface area contributed by atoms with Crippen molar-refractivity contribution in [1.82, 2.24) is 20.1 Å². The summed E-state index contributed by atoms with van der Waals surface area (Å²) in [4.78, 5) is 19.0. The van der Waals surface area contributed by atoms with Crippen LogP contribution in [0.15, 0.2) is 36.4 Å². The molecule has 0 bridgehead atoms. The third-order valence-corrected chi connectivity index (χ3v) is 5.50. The maximum Gasteiger partial charge on any atom is 0.225 e. The van der Waals surface area contributed by atoms with Crippen LogP contribution in [0.25, 0.3) is 11.0 Å². The summed E-state index contributed by atoms with van der Waals surface area (Å²) in [5.74, 6) is 2.15. The quantitative estimate of drug-likeness (QED) is 0.669. The first-order valence-electron chi connectivity index (χ1n) is 10.1. The molecule has 3 aromatic rings. The smallest absolute Gasteiger partial charge is 0.225 e. The summed E-state index contributed by atoms with van der Waals surface area (Å²) in [5.41, 5.74) is 2.84. The third kappa shape index (κ3) is 3.90. The maximum atomic E-state index is 12.2. The molecule has 1 amide bonds. The van der Waals surface area contributed by atoms with Crippen molar-refractivity contribution in [1.29, 1.82) is 0 Å². The summed E-state index contributed by atoms with van der Waals surface area (Å²) in [7, 11) is 1.67. The van der Waals surface area contributed by atoms with E-state index in [4.69, 9.17) is 9.72 Å². The summed E-state index contributed by atoms with van der Waals surface area (Å²) in [6.07, 6.45) is 0.948. The van der Waals surface area contributed by atoms with Crippen LogP contribution in [-0.4, -0.2) is 46.2 Å². The molecule has 7 nitrogen and oxygen atoms in total. The van der Waals surface area contributed by atoms with Gasteiger partial charge in [-0.25, -0.2) is 4.98 Å². The van der Waals surface area contributed by atoms with Gasteiger partial charge in [-0.15, -0.1) is 0 Å². The molecule has 4 rings (SSSR count). The number of carbonyl (C=O) groups is 1. The highest BCUT2D eigenvalue weighted by atomic mass is 16.5. The molecule has 3 heterocycles. The van der Waals surface area contributed by atoms with E-state index in [0.717, 1.165) is 53.4 Å². The second-order valence-corrected chi connectivity index (χ2v) is 7.79. The molecular formula is C22H27N5O2. The van der Waals surface area contributed by atoms with Gasteiger partial charge in [0.1, 0.15) is 5.75 Å². The molecule has 29 heavy (non-hydrogen) atoms. The Hall–Kier alpha value is -3.09. The van der Waals surface area contributed by atoms with Crippen LogP contribution < -0.4 is 10.1 Å². The topological polar surface area (TPSA) is 83.1 Å². The fraction of sp³-hybridized carbons (Fsp3) is 0.409. The first-order chi connectivity index (χ1) is 14.1. The van der Waals surface area contributed by atoms with Crippen molar-refractivity contribution in [3.8, 4) is 5.75 Å². The number of anilines is 1. The Morgan fingerprint density at radius 1 is 1.31 bits per heavy atom. The highest BCUT2D eigenvalue weighted by Gasteiger charge is 2.29. The van der Waals surface area contributed by atoms with E-state index in [0.29, 0.717) is 6.54 Å². The number of methoxy groups -OCH3 is 1. The number of aromatic nitrogens is 3. The molecule has 1 aliphatic heterocycles. The first-order valence-corrected chi connectivity index (χ1v) is 10.1. The van der Waals surface area contributed by atoms with E-state index in [1.807, 2.05) is 43.0 Å². The van der Waals surface area contributed by atoms with Crippen LogP contribution in [0.4, 0.5) is 5.82 Å². The summed E-state index contributed by atoms with van der Waals surface area (Å²) in [6, 6.07) is 12.0. The van der Waals surface area contributed by atoms with Crippen molar-refractivity contribution in [3.05, 3.63) is 47.7 Å². The van der Waals surface area contributed by atoms with E-state index >= 15 is 0 Å². The van der Waals surface area contributed by atoms with Gasteiger partial charge in [0.2, 0.25) is 5.91 Å². The Labute approximate surface area is 170 Å². The Morgan fingerprint density at radius 3 is 2.93 bits per heavy atom. The zero-order chi connectivity index (χ0) is 20.4. The van der Waals surface area contributed by atoms with E-state index in [-0.39, 0.29) is 17.7 Å². The molecule has 1 saturated heterocycles. The average molecular weight is 393 g/mol. The molecule has 0 aliphatic carbocycles. The molecule has 2 aromatic heterocycles. The Morgan fingerprint density at radius 2 is 2.14 bits per heavy atom. The monoisotopic (exact) mass is 393 g/mol. The summed E-state index contributed by atoms with van der Waals surface area (Å²) >= 11 is 0. The fourth-order valence-electron chi connectivity index (χ4n) is 3.88. The number of para-hydroxylation sites is 1. The second-order valence-electron chi connectivity index (χ2n) is 7.79. The summed E-state index contributed by atoms with van der Waals surface area (Å²) in [6.45, 7) is 6.05. The average Bonchev–Trinajstić information content (AvgIpc) is 3.38. The zero-order valence-corrected chi connectivity index (χ0v) is 17.1. The fourth-order valence-corrected chi connectivity index (χ4v) is 3.88. The van der Waals surface area contributed by atoms with Crippen molar-refractivity contribution in [2.45, 2.75) is 32.7 Å². The summed E-state index contributed by atoms with van der Waals surface area (Å²) < 4.78 is 5.41. The normalized spacial score (nSPS) is 16.6. The van der Waals surface area contributed by atoms with Crippen LogP contribution in [0.2, 0.25) is 0 Å². The Kier molecular flexibility index (Phi) is 5.38. The molecule has 2 N–H and O–H groups in total. The Bertz CT molecular complexity index is 1010. The zero-order valence-electron chi connectivity index (χ0n) is 17.1. The van der Waals surface area contributed by atoms with Crippen molar-refractivity contribution in [2.24, 2.45) is 5.92 Å². The van der Waals surface area contributed by atoms with E-state index in [1.54, 1.807) is 7.11 Å². The van der Waals surface area contributed by atoms with Gasteiger partial charge in [-0.05, 0) is 24.6 Å². The predicted octanol–water partition coefficient (Wildman–Crippen LogP) is 3.55. The number of hydrogen-bond acceptors (Lipinski definition) is 5. The molecular weight excluding hydrogens is 366 g/mol. The van der Waals surface area contributed by atoms with E-state index in [2.05, 4.69) is 27.6 Å². The number of carbonyl (C=O) groups excluding carboxylic acids is 1. The summed E-state index contributed by atoms with van der Waals surface area (Å²) in [5, 5.41) is 11.8. The number of likely N-dealkylation sites (tertiary alicyclic amines) is 1.